The zero-order valence-corrected chi connectivity index (χ0v) is 12.3. The molecule has 0 fully saturated rings. The molecular formula is C17H10O7. The molecular weight excluding hydrogens is 316 g/mol. The van der Waals surface area contributed by atoms with Crippen LogP contribution < -0.4 is 10.4 Å². The standard InChI is InChI=1S/C17H10O7/c1-23-6-2-11(20)14-12(3-6)24-17(22)13-7-4-9(18)10(19)5-8(7)16(21)15(13)14/h2-5,18-20H,1H3. The molecule has 0 amide bonds. The third-order valence-corrected chi connectivity index (χ3v) is 4.05. The first-order chi connectivity index (χ1) is 11.4. The lowest BCUT2D eigenvalue weighted by Crippen LogP contribution is -2.06. The van der Waals surface area contributed by atoms with Gasteiger partial charge in [0.15, 0.2) is 17.3 Å². The van der Waals surface area contributed by atoms with Gasteiger partial charge < -0.3 is 24.5 Å². The van der Waals surface area contributed by atoms with Crippen LogP contribution in [-0.4, -0.2) is 28.2 Å². The highest BCUT2D eigenvalue weighted by Crippen LogP contribution is 2.45. The predicted molar refractivity (Wildman–Crippen MR) is 82.9 cm³/mol. The molecule has 0 bridgehead atoms. The third kappa shape index (κ3) is 1.66. The SMILES string of the molecule is COc1cc(O)c2c3c(c(=O)oc2c1)-c1cc(O)c(O)cc1C3=O. The van der Waals surface area contributed by atoms with Gasteiger partial charge in [-0.15, -0.1) is 0 Å². The number of benzene rings is 2. The summed E-state index contributed by atoms with van der Waals surface area (Å²) in [6.45, 7) is 0. The summed E-state index contributed by atoms with van der Waals surface area (Å²) in [5.41, 5.74) is -0.668. The molecule has 7 nitrogen and oxygen atoms in total. The largest absolute Gasteiger partial charge is 0.507 e. The van der Waals surface area contributed by atoms with Gasteiger partial charge in [-0.25, -0.2) is 4.79 Å². The average Bonchev–Trinajstić information content (AvgIpc) is 2.81. The second-order valence-corrected chi connectivity index (χ2v) is 5.37. The van der Waals surface area contributed by atoms with Crippen LogP contribution >= 0.6 is 0 Å². The maximum atomic E-state index is 12.7. The van der Waals surface area contributed by atoms with E-state index in [0.717, 1.165) is 12.1 Å². The van der Waals surface area contributed by atoms with Gasteiger partial charge in [0.1, 0.15) is 17.1 Å². The van der Waals surface area contributed by atoms with Gasteiger partial charge in [-0.05, 0) is 12.1 Å². The summed E-state index contributed by atoms with van der Waals surface area (Å²) in [5.74, 6) is -1.50. The van der Waals surface area contributed by atoms with Gasteiger partial charge in [-0.3, -0.25) is 4.79 Å². The monoisotopic (exact) mass is 326 g/mol. The van der Waals surface area contributed by atoms with Crippen molar-refractivity contribution in [3.63, 3.8) is 0 Å². The van der Waals surface area contributed by atoms with Crippen molar-refractivity contribution in [1.29, 1.82) is 0 Å². The molecule has 24 heavy (non-hydrogen) atoms. The number of phenols is 3. The molecule has 2 aromatic carbocycles. The summed E-state index contributed by atoms with van der Waals surface area (Å²) < 4.78 is 10.2. The smallest absolute Gasteiger partial charge is 0.344 e. The number of methoxy groups -OCH3 is 1. The Balaban J connectivity index is 2.18. The molecule has 7 heteroatoms. The summed E-state index contributed by atoms with van der Waals surface area (Å²) in [6, 6.07) is 4.90. The van der Waals surface area contributed by atoms with Crippen LogP contribution in [0, 0.1) is 0 Å². The molecule has 0 saturated heterocycles. The highest BCUT2D eigenvalue weighted by Gasteiger charge is 2.35. The van der Waals surface area contributed by atoms with Crippen LogP contribution in [0.4, 0.5) is 0 Å². The van der Waals surface area contributed by atoms with Gasteiger partial charge in [-0.2, -0.15) is 0 Å². The molecule has 120 valence electrons. The summed E-state index contributed by atoms with van der Waals surface area (Å²) in [6.07, 6.45) is 0. The summed E-state index contributed by atoms with van der Waals surface area (Å²) in [4.78, 5) is 25.1. The molecule has 3 aromatic rings. The fraction of sp³-hybridized carbons (Fsp3) is 0.0588. The van der Waals surface area contributed by atoms with Crippen LogP contribution in [0.5, 0.6) is 23.0 Å². The molecule has 3 N–H and O–H groups in total. The summed E-state index contributed by atoms with van der Waals surface area (Å²) in [7, 11) is 1.39. The van der Waals surface area contributed by atoms with Crippen molar-refractivity contribution in [3.8, 4) is 34.1 Å². The second-order valence-electron chi connectivity index (χ2n) is 5.37. The highest BCUT2D eigenvalue weighted by molar-refractivity contribution is 6.27. The summed E-state index contributed by atoms with van der Waals surface area (Å²) in [5, 5.41) is 29.6. The molecule has 1 aliphatic carbocycles. The van der Waals surface area contributed by atoms with Crippen molar-refractivity contribution in [2.24, 2.45) is 0 Å². The van der Waals surface area contributed by atoms with Crippen LogP contribution in [0.2, 0.25) is 0 Å². The third-order valence-electron chi connectivity index (χ3n) is 4.05. The second kappa shape index (κ2) is 4.51. The first-order valence-electron chi connectivity index (χ1n) is 6.91. The molecule has 0 saturated carbocycles. The minimum atomic E-state index is -0.789. The van der Waals surface area contributed by atoms with Crippen molar-refractivity contribution in [2.45, 2.75) is 0 Å². The fourth-order valence-corrected chi connectivity index (χ4v) is 2.98. The van der Waals surface area contributed by atoms with Gasteiger partial charge >= 0.3 is 5.63 Å². The normalized spacial score (nSPS) is 12.3. The van der Waals surface area contributed by atoms with Crippen LogP contribution in [0.25, 0.3) is 22.1 Å². The molecule has 0 atom stereocenters. The average molecular weight is 326 g/mol. The number of fused-ring (bicyclic) bond motifs is 5. The molecule has 0 aliphatic heterocycles. The Hall–Kier alpha value is -3.48. The number of ketones is 1. The lowest BCUT2D eigenvalue weighted by atomic mass is 10.0. The molecule has 1 heterocycles. The van der Waals surface area contributed by atoms with Gasteiger partial charge in [0.25, 0.3) is 0 Å². The van der Waals surface area contributed by atoms with Crippen LogP contribution in [0.1, 0.15) is 15.9 Å². The number of carbonyl (C=O) groups excluding carboxylic acids is 1. The Morgan fingerprint density at radius 3 is 2.21 bits per heavy atom. The van der Waals surface area contributed by atoms with Crippen molar-refractivity contribution < 1.29 is 29.3 Å². The van der Waals surface area contributed by atoms with Crippen molar-refractivity contribution in [1.82, 2.24) is 0 Å². The lowest BCUT2D eigenvalue weighted by Gasteiger charge is -2.07. The van der Waals surface area contributed by atoms with Gasteiger partial charge in [0, 0.05) is 23.3 Å². The van der Waals surface area contributed by atoms with E-state index >= 15 is 0 Å². The van der Waals surface area contributed by atoms with Crippen molar-refractivity contribution >= 4 is 16.8 Å². The first kappa shape index (κ1) is 14.1. The van der Waals surface area contributed by atoms with Crippen molar-refractivity contribution in [3.05, 3.63) is 45.8 Å². The minimum absolute atomic E-state index is 0.00481. The van der Waals surface area contributed by atoms with E-state index in [1.807, 2.05) is 0 Å². The van der Waals surface area contributed by atoms with E-state index in [-0.39, 0.29) is 44.7 Å². The molecule has 4 rings (SSSR count). The first-order valence-corrected chi connectivity index (χ1v) is 6.91. The number of hydrogen-bond acceptors (Lipinski definition) is 7. The number of carbonyl (C=O) groups is 1. The molecule has 1 aliphatic rings. The Bertz CT molecular complexity index is 1110. The Morgan fingerprint density at radius 2 is 1.54 bits per heavy atom. The fourth-order valence-electron chi connectivity index (χ4n) is 2.98. The number of hydrogen-bond donors (Lipinski definition) is 3. The lowest BCUT2D eigenvalue weighted by molar-refractivity contribution is 0.104. The van der Waals surface area contributed by atoms with Gasteiger partial charge in [0.2, 0.25) is 0 Å². The van der Waals surface area contributed by atoms with Crippen LogP contribution in [0.15, 0.2) is 33.5 Å². The summed E-state index contributed by atoms with van der Waals surface area (Å²) >= 11 is 0. The highest BCUT2D eigenvalue weighted by atomic mass is 16.5. The van der Waals surface area contributed by atoms with Gasteiger partial charge in [-0.1, -0.05) is 0 Å². The molecule has 1 aromatic heterocycles. The predicted octanol–water partition coefficient (Wildman–Crippen LogP) is 2.13. The van der Waals surface area contributed by atoms with E-state index in [1.165, 1.54) is 19.2 Å². The van der Waals surface area contributed by atoms with E-state index in [0.29, 0.717) is 0 Å². The quantitative estimate of drug-likeness (QED) is 0.362. The minimum Gasteiger partial charge on any atom is -0.507 e. The van der Waals surface area contributed by atoms with E-state index < -0.39 is 22.9 Å². The van der Waals surface area contributed by atoms with Crippen molar-refractivity contribution in [2.75, 3.05) is 7.11 Å². The van der Waals surface area contributed by atoms with E-state index in [1.54, 1.807) is 0 Å². The maximum Gasteiger partial charge on any atom is 0.344 e. The van der Waals surface area contributed by atoms with E-state index in [4.69, 9.17) is 9.15 Å². The molecule has 0 radical (unpaired) electrons. The molecule has 0 spiro atoms. The topological polar surface area (TPSA) is 117 Å². The Labute approximate surface area is 134 Å². The number of phenolic OH excluding ortho intramolecular Hbond substituents is 3. The molecule has 0 unspecified atom stereocenters. The Morgan fingerprint density at radius 1 is 0.875 bits per heavy atom. The zero-order chi connectivity index (χ0) is 17.2. The maximum absolute atomic E-state index is 12.7. The number of rotatable bonds is 1. The van der Waals surface area contributed by atoms with Crippen LogP contribution in [-0.2, 0) is 0 Å². The number of aromatic hydroxyl groups is 3. The van der Waals surface area contributed by atoms with Gasteiger partial charge in [0.05, 0.1) is 23.6 Å². The zero-order valence-electron chi connectivity index (χ0n) is 12.3. The Kier molecular flexibility index (Phi) is 2.66. The number of ether oxygens (including phenoxy) is 1. The van der Waals surface area contributed by atoms with E-state index in [2.05, 4.69) is 0 Å². The van der Waals surface area contributed by atoms with Crippen LogP contribution in [0.3, 0.4) is 0 Å². The van der Waals surface area contributed by atoms with E-state index in [9.17, 15) is 24.9 Å².